The lowest BCUT2D eigenvalue weighted by molar-refractivity contribution is -0.0439. The van der Waals surface area contributed by atoms with Crippen molar-refractivity contribution < 1.29 is 23.1 Å². The second-order valence-corrected chi connectivity index (χ2v) is 3.68. The minimum Gasteiger partial charge on any atom is -0.401 e. The molecule has 0 amide bonds. The zero-order valence-corrected chi connectivity index (χ0v) is 9.99. The molecular formula is C10H21BF2O3. The Labute approximate surface area is 96.3 Å². The molecule has 0 fully saturated rings. The van der Waals surface area contributed by atoms with E-state index in [0.717, 1.165) is 12.8 Å². The van der Waals surface area contributed by atoms with E-state index in [-0.39, 0.29) is 12.8 Å². The Kier molecular flexibility index (Phi) is 9.87. The Balaban J connectivity index is 3.58. The Bertz CT molecular complexity index is 147. The van der Waals surface area contributed by atoms with Crippen molar-refractivity contribution in [2.75, 3.05) is 0 Å². The molecule has 0 aromatic rings. The van der Waals surface area contributed by atoms with E-state index in [9.17, 15) is 8.78 Å². The van der Waals surface area contributed by atoms with Crippen LogP contribution in [-0.2, 0) is 9.31 Å². The van der Waals surface area contributed by atoms with Crippen molar-refractivity contribution in [1.82, 2.24) is 0 Å². The number of halogens is 2. The van der Waals surface area contributed by atoms with Crippen LogP contribution in [-0.4, -0.2) is 25.1 Å². The Morgan fingerprint density at radius 1 is 1.00 bits per heavy atom. The third kappa shape index (κ3) is 9.06. The number of alkyl halides is 2. The van der Waals surface area contributed by atoms with Crippen molar-refractivity contribution >= 4 is 7.32 Å². The molecule has 0 bridgehead atoms. The first-order valence-corrected chi connectivity index (χ1v) is 5.87. The van der Waals surface area contributed by atoms with E-state index >= 15 is 0 Å². The van der Waals surface area contributed by atoms with Crippen LogP contribution in [0, 0.1) is 0 Å². The summed E-state index contributed by atoms with van der Waals surface area (Å²) in [6.07, 6.45) is 0.144. The van der Waals surface area contributed by atoms with E-state index in [0.29, 0.717) is 12.8 Å². The van der Waals surface area contributed by atoms with Gasteiger partial charge in [-0.2, -0.15) is 0 Å². The van der Waals surface area contributed by atoms with Crippen LogP contribution >= 0.6 is 0 Å². The summed E-state index contributed by atoms with van der Waals surface area (Å²) in [5.41, 5.74) is 0. The maximum atomic E-state index is 13.0. The summed E-state index contributed by atoms with van der Waals surface area (Å²) in [7, 11) is -1.82. The van der Waals surface area contributed by atoms with Crippen LogP contribution in [0.3, 0.4) is 0 Å². The molecule has 0 aromatic carbocycles. The van der Waals surface area contributed by atoms with Crippen molar-refractivity contribution in [2.45, 2.75) is 65.1 Å². The highest BCUT2D eigenvalue weighted by molar-refractivity contribution is 6.34. The van der Waals surface area contributed by atoms with Gasteiger partial charge in [0.15, 0.2) is 12.7 Å². The first-order chi connectivity index (χ1) is 7.60. The Morgan fingerprint density at radius 3 is 1.69 bits per heavy atom. The van der Waals surface area contributed by atoms with Gasteiger partial charge in [-0.3, -0.25) is 0 Å². The molecule has 0 heterocycles. The highest BCUT2D eigenvalue weighted by Crippen LogP contribution is 2.11. The second kappa shape index (κ2) is 9.99. The van der Waals surface area contributed by atoms with E-state index in [1.165, 1.54) is 0 Å². The summed E-state index contributed by atoms with van der Waals surface area (Å²) < 4.78 is 34.8. The van der Waals surface area contributed by atoms with Crippen LogP contribution in [0.1, 0.15) is 52.4 Å². The molecule has 0 spiro atoms. The summed E-state index contributed by atoms with van der Waals surface area (Å²) in [6.45, 7) is 3.84. The molecule has 0 aromatic heterocycles. The molecule has 0 aliphatic heterocycles. The van der Waals surface area contributed by atoms with Crippen molar-refractivity contribution in [3.63, 3.8) is 0 Å². The van der Waals surface area contributed by atoms with Gasteiger partial charge < -0.3 is 14.3 Å². The van der Waals surface area contributed by atoms with Gasteiger partial charge in [0.1, 0.15) is 0 Å². The molecule has 0 rings (SSSR count). The molecule has 1 N–H and O–H groups in total. The molecule has 0 aliphatic rings. The maximum absolute atomic E-state index is 13.0. The van der Waals surface area contributed by atoms with Crippen molar-refractivity contribution in [3.8, 4) is 0 Å². The fourth-order valence-electron chi connectivity index (χ4n) is 1.15. The molecule has 0 radical (unpaired) electrons. The molecule has 2 unspecified atom stereocenters. The largest absolute Gasteiger partial charge is 0.640 e. The highest BCUT2D eigenvalue weighted by atomic mass is 19.2. The molecule has 6 heteroatoms. The molecule has 0 saturated heterocycles. The molecule has 16 heavy (non-hydrogen) atoms. The van der Waals surface area contributed by atoms with E-state index in [4.69, 9.17) is 5.02 Å². The lowest BCUT2D eigenvalue weighted by atomic mass is 10.2. The average Bonchev–Trinajstić information content (AvgIpc) is 2.23. The lowest BCUT2D eigenvalue weighted by Crippen LogP contribution is -2.30. The third-order valence-corrected chi connectivity index (χ3v) is 2.10. The molecular weight excluding hydrogens is 217 g/mol. The van der Waals surface area contributed by atoms with Gasteiger partial charge in [-0.1, -0.05) is 26.7 Å². The summed E-state index contributed by atoms with van der Waals surface area (Å²) in [4.78, 5) is 0. The monoisotopic (exact) mass is 238 g/mol. The zero-order chi connectivity index (χ0) is 12.4. The SMILES string of the molecule is CCCCC(F)OB(O)OC(F)CCCC. The van der Waals surface area contributed by atoms with Crippen LogP contribution in [0.25, 0.3) is 0 Å². The van der Waals surface area contributed by atoms with Gasteiger partial charge in [-0.05, 0) is 12.8 Å². The first kappa shape index (κ1) is 15.8. The summed E-state index contributed by atoms with van der Waals surface area (Å²) in [6, 6.07) is 0. The van der Waals surface area contributed by atoms with Crippen molar-refractivity contribution in [3.05, 3.63) is 0 Å². The van der Waals surface area contributed by atoms with Crippen LogP contribution in [0.5, 0.6) is 0 Å². The van der Waals surface area contributed by atoms with Gasteiger partial charge in [0.25, 0.3) is 0 Å². The smallest absolute Gasteiger partial charge is 0.401 e. The average molecular weight is 238 g/mol. The highest BCUT2D eigenvalue weighted by Gasteiger charge is 2.25. The standard InChI is InChI=1S/C10H21BF2O3/c1-3-5-7-9(12)15-11(14)16-10(13)8-6-4-2/h9-10,14H,3-8H2,1-2H3. The normalized spacial score (nSPS) is 14.8. The van der Waals surface area contributed by atoms with Crippen molar-refractivity contribution in [1.29, 1.82) is 0 Å². The summed E-state index contributed by atoms with van der Waals surface area (Å²) in [5, 5.41) is 9.06. The minimum absolute atomic E-state index is 0.183. The Hall–Kier alpha value is -0.195. The molecule has 0 aliphatic carbocycles. The summed E-state index contributed by atoms with van der Waals surface area (Å²) in [5.74, 6) is 0. The number of hydrogen-bond acceptors (Lipinski definition) is 3. The fourth-order valence-corrected chi connectivity index (χ4v) is 1.15. The molecule has 96 valence electrons. The first-order valence-electron chi connectivity index (χ1n) is 5.87. The van der Waals surface area contributed by atoms with Gasteiger partial charge in [-0.25, -0.2) is 8.78 Å². The lowest BCUT2D eigenvalue weighted by Gasteiger charge is -2.14. The summed E-state index contributed by atoms with van der Waals surface area (Å²) >= 11 is 0. The van der Waals surface area contributed by atoms with Gasteiger partial charge in [0, 0.05) is 12.8 Å². The van der Waals surface area contributed by atoms with E-state index in [1.807, 2.05) is 13.8 Å². The zero-order valence-electron chi connectivity index (χ0n) is 9.99. The van der Waals surface area contributed by atoms with E-state index in [1.54, 1.807) is 0 Å². The van der Waals surface area contributed by atoms with E-state index < -0.39 is 20.0 Å². The number of unbranched alkanes of at least 4 members (excludes halogenated alkanes) is 2. The van der Waals surface area contributed by atoms with Gasteiger partial charge in [0.05, 0.1) is 0 Å². The van der Waals surface area contributed by atoms with Gasteiger partial charge in [0.2, 0.25) is 0 Å². The van der Waals surface area contributed by atoms with Gasteiger partial charge >= 0.3 is 7.32 Å². The number of rotatable bonds is 10. The third-order valence-electron chi connectivity index (χ3n) is 2.10. The predicted molar refractivity (Wildman–Crippen MR) is 59.0 cm³/mol. The second-order valence-electron chi connectivity index (χ2n) is 3.68. The van der Waals surface area contributed by atoms with Crippen LogP contribution < -0.4 is 0 Å². The van der Waals surface area contributed by atoms with Crippen LogP contribution in [0.2, 0.25) is 0 Å². The maximum Gasteiger partial charge on any atom is 0.640 e. The Morgan fingerprint density at radius 2 is 1.38 bits per heavy atom. The van der Waals surface area contributed by atoms with Crippen molar-refractivity contribution in [2.24, 2.45) is 0 Å². The minimum atomic E-state index is -1.82. The van der Waals surface area contributed by atoms with Crippen LogP contribution in [0.4, 0.5) is 8.78 Å². The molecule has 0 saturated carbocycles. The topological polar surface area (TPSA) is 38.7 Å². The van der Waals surface area contributed by atoms with E-state index in [2.05, 4.69) is 9.31 Å². The molecule has 2 atom stereocenters. The fraction of sp³-hybridized carbons (Fsp3) is 1.00. The van der Waals surface area contributed by atoms with Gasteiger partial charge in [-0.15, -0.1) is 0 Å². The quantitative estimate of drug-likeness (QED) is 0.594. The predicted octanol–water partition coefficient (Wildman–Crippen LogP) is 2.97. The molecule has 3 nitrogen and oxygen atoms in total. The van der Waals surface area contributed by atoms with Crippen LogP contribution in [0.15, 0.2) is 0 Å². The number of hydrogen-bond donors (Lipinski definition) is 1.